The van der Waals surface area contributed by atoms with E-state index in [1.54, 1.807) is 12.1 Å². The van der Waals surface area contributed by atoms with Gasteiger partial charge in [0.05, 0.1) is 11.4 Å². The van der Waals surface area contributed by atoms with Gasteiger partial charge in [-0.2, -0.15) is 0 Å². The molecule has 0 radical (unpaired) electrons. The molecule has 0 atom stereocenters. The number of benzene rings is 9. The number of hydrogen-bond acceptors (Lipinski definition) is 2. The maximum absolute atomic E-state index is 17.4. The summed E-state index contributed by atoms with van der Waals surface area (Å²) < 4.78 is 17.4. The van der Waals surface area contributed by atoms with Crippen molar-refractivity contribution < 1.29 is 9.50 Å². The number of aromatic hydroxyl groups is 1. The van der Waals surface area contributed by atoms with Gasteiger partial charge in [-0.1, -0.05) is 189 Å². The maximum atomic E-state index is 17.4. The molecule has 9 rings (SSSR count). The maximum Gasteiger partial charge on any atom is 0.243 e. The zero-order chi connectivity index (χ0) is 45.7. The highest BCUT2D eigenvalue weighted by Gasteiger charge is 2.31. The second kappa shape index (κ2) is 17.4. The minimum atomic E-state index is -0.359. The first-order valence-electron chi connectivity index (χ1n) is 22.6. The van der Waals surface area contributed by atoms with E-state index < -0.39 is 0 Å². The van der Waals surface area contributed by atoms with Gasteiger partial charge in [0.25, 0.3) is 0 Å². The molecule has 9 aromatic carbocycles. The smallest absolute Gasteiger partial charge is 0.243 e. The molecule has 4 heteroatoms. The summed E-state index contributed by atoms with van der Waals surface area (Å²) in [7, 11) is 0. The van der Waals surface area contributed by atoms with Crippen LogP contribution in [-0.4, -0.2) is 11.8 Å². The van der Waals surface area contributed by atoms with Gasteiger partial charge in [-0.3, -0.25) is 0 Å². The quantitative estimate of drug-likeness (QED) is 0.146. The van der Waals surface area contributed by atoms with Gasteiger partial charge in [-0.15, -0.1) is 0 Å². The Morgan fingerprint density at radius 3 is 1.42 bits per heavy atom. The summed E-state index contributed by atoms with van der Waals surface area (Å²) in [4.78, 5) is 2.00. The highest BCUT2D eigenvalue weighted by molar-refractivity contribution is 6.98. The predicted molar refractivity (Wildman–Crippen MR) is 277 cm³/mol. The third-order valence-corrected chi connectivity index (χ3v) is 13.2. The number of halogens is 1. The molecular formula is C61H55BFNO. The summed E-state index contributed by atoms with van der Waals surface area (Å²) in [5, 5.41) is 14.6. The van der Waals surface area contributed by atoms with E-state index in [4.69, 9.17) is 0 Å². The minimum absolute atomic E-state index is 0.0114. The van der Waals surface area contributed by atoms with E-state index in [0.29, 0.717) is 16.9 Å². The normalized spacial score (nSPS) is 11.3. The lowest BCUT2D eigenvalue weighted by Gasteiger charge is -2.32. The second-order valence-electron chi connectivity index (χ2n) is 18.2. The van der Waals surface area contributed by atoms with Crippen molar-refractivity contribution in [2.45, 2.75) is 62.3 Å². The molecule has 0 heterocycles. The third-order valence-electron chi connectivity index (χ3n) is 13.2. The van der Waals surface area contributed by atoms with Crippen LogP contribution >= 0.6 is 0 Å². The van der Waals surface area contributed by atoms with Crippen LogP contribution in [0.15, 0.2) is 164 Å². The van der Waals surface area contributed by atoms with Crippen LogP contribution < -0.4 is 21.3 Å². The molecule has 0 saturated heterocycles. The van der Waals surface area contributed by atoms with Gasteiger partial charge in [0.2, 0.25) is 6.71 Å². The van der Waals surface area contributed by atoms with Crippen LogP contribution in [0.25, 0.3) is 44.2 Å². The monoisotopic (exact) mass is 847 g/mol. The van der Waals surface area contributed by atoms with E-state index in [1.807, 2.05) is 77.7 Å². The highest BCUT2D eigenvalue weighted by Crippen LogP contribution is 2.48. The topological polar surface area (TPSA) is 23.5 Å². The van der Waals surface area contributed by atoms with Gasteiger partial charge < -0.3 is 10.0 Å². The number of aryl methyl sites for hydroxylation is 9. The van der Waals surface area contributed by atoms with Crippen molar-refractivity contribution >= 4 is 50.9 Å². The Balaban J connectivity index is 1.25. The van der Waals surface area contributed by atoms with Gasteiger partial charge in [-0.05, 0) is 131 Å². The summed E-state index contributed by atoms with van der Waals surface area (Å²) in [5.74, 6) is -0.246. The van der Waals surface area contributed by atoms with Gasteiger partial charge in [0.1, 0.15) is 11.6 Å². The molecule has 0 amide bonds. The Bertz CT molecular complexity index is 3150. The molecule has 65 heavy (non-hydrogen) atoms. The Hall–Kier alpha value is -7.17. The predicted octanol–water partition coefficient (Wildman–Crippen LogP) is 14.4. The number of rotatable bonds is 9. The first-order chi connectivity index (χ1) is 31.3. The van der Waals surface area contributed by atoms with E-state index in [1.165, 1.54) is 49.8 Å². The lowest BCUT2D eigenvalue weighted by atomic mass is 9.33. The third kappa shape index (κ3) is 8.04. The van der Waals surface area contributed by atoms with Gasteiger partial charge in [0, 0.05) is 22.9 Å². The number of nitrogens with zero attached hydrogens (tertiary/aromatic N) is 1. The van der Waals surface area contributed by atoms with Crippen LogP contribution in [0.3, 0.4) is 0 Å². The van der Waals surface area contributed by atoms with Crippen LogP contribution in [0.1, 0.15) is 50.1 Å². The highest BCUT2D eigenvalue weighted by atomic mass is 19.1. The van der Waals surface area contributed by atoms with Crippen molar-refractivity contribution in [2.75, 3.05) is 4.90 Å². The number of anilines is 3. The Labute approximate surface area is 384 Å². The molecule has 2 nitrogen and oxygen atoms in total. The lowest BCUT2D eigenvalue weighted by molar-refractivity contribution is 0.477. The van der Waals surface area contributed by atoms with Crippen LogP contribution in [-0.2, 0) is 0 Å². The standard InChI is InChI=1S/C61H55BFNO/c1-37-28-40(4)58(41(5)29-37)62(59-42(6)30-38(2)31-43(59)7)55-27-26-51(50-22-16-17-23-52(50)55)53-25-24-49(36-57(53)65)64(60-44(8)32-39(3)33-45(60)9)61-54(47-20-14-11-15-21-47)34-48(35-56(61)63)46-18-12-10-13-19-46/h10-36,65H,1-9H3. The van der Waals surface area contributed by atoms with Gasteiger partial charge in [-0.25, -0.2) is 4.39 Å². The van der Waals surface area contributed by atoms with Crippen LogP contribution in [0.2, 0.25) is 0 Å². The molecule has 0 spiro atoms. The van der Waals surface area contributed by atoms with E-state index in [0.717, 1.165) is 61.0 Å². The van der Waals surface area contributed by atoms with E-state index in [2.05, 4.69) is 141 Å². The zero-order valence-corrected chi connectivity index (χ0v) is 38.9. The Morgan fingerprint density at radius 1 is 0.400 bits per heavy atom. The van der Waals surface area contributed by atoms with E-state index in [9.17, 15) is 5.11 Å². The fraction of sp³-hybridized carbons (Fsp3) is 0.148. The minimum Gasteiger partial charge on any atom is -0.507 e. The molecule has 0 saturated carbocycles. The van der Waals surface area contributed by atoms with Gasteiger partial charge >= 0.3 is 0 Å². The molecule has 0 bridgehead atoms. The average Bonchev–Trinajstić information content (AvgIpc) is 3.27. The summed E-state index contributed by atoms with van der Waals surface area (Å²) in [6.07, 6.45) is 0. The first kappa shape index (κ1) is 43.1. The summed E-state index contributed by atoms with van der Waals surface area (Å²) >= 11 is 0. The molecule has 0 unspecified atom stereocenters. The SMILES string of the molecule is Cc1cc(C)c(B(c2c(C)cc(C)cc2C)c2ccc(-c3ccc(N(c4c(C)cc(C)cc4C)c4c(F)cc(-c5ccccc5)cc4-c4ccccc4)cc3O)c3ccccc23)c(C)c1. The van der Waals surface area contributed by atoms with Crippen molar-refractivity contribution in [2.24, 2.45) is 0 Å². The number of phenols is 1. The Morgan fingerprint density at radius 2 is 0.877 bits per heavy atom. The summed E-state index contributed by atoms with van der Waals surface area (Å²) in [6, 6.07) is 56.1. The summed E-state index contributed by atoms with van der Waals surface area (Å²) in [6.45, 7) is 19.5. The number of fused-ring (bicyclic) bond motifs is 1. The number of hydrogen-bond donors (Lipinski definition) is 1. The van der Waals surface area contributed by atoms with Crippen LogP contribution in [0.4, 0.5) is 21.5 Å². The largest absolute Gasteiger partial charge is 0.507 e. The molecule has 0 fully saturated rings. The summed E-state index contributed by atoms with van der Waals surface area (Å²) in [5.41, 5.74) is 21.6. The van der Waals surface area contributed by atoms with Crippen molar-refractivity contribution in [3.63, 3.8) is 0 Å². The van der Waals surface area contributed by atoms with Crippen molar-refractivity contribution in [3.8, 4) is 39.1 Å². The molecule has 9 aromatic rings. The molecular weight excluding hydrogens is 792 g/mol. The molecule has 0 aliphatic rings. The fourth-order valence-corrected chi connectivity index (χ4v) is 10.8. The van der Waals surface area contributed by atoms with Crippen molar-refractivity contribution in [1.29, 1.82) is 0 Å². The van der Waals surface area contributed by atoms with Crippen LogP contribution in [0, 0.1) is 68.1 Å². The first-order valence-corrected chi connectivity index (χ1v) is 22.6. The molecule has 0 aromatic heterocycles. The van der Waals surface area contributed by atoms with Crippen LogP contribution in [0.5, 0.6) is 5.75 Å². The van der Waals surface area contributed by atoms with Crippen molar-refractivity contribution in [3.05, 3.63) is 220 Å². The van der Waals surface area contributed by atoms with Gasteiger partial charge in [0.15, 0.2) is 0 Å². The molecule has 320 valence electrons. The lowest BCUT2D eigenvalue weighted by Crippen LogP contribution is -2.56. The fourth-order valence-electron chi connectivity index (χ4n) is 10.8. The number of phenolic OH excluding ortho intramolecular Hbond substituents is 1. The molecule has 0 aliphatic heterocycles. The average molecular weight is 848 g/mol. The second-order valence-corrected chi connectivity index (χ2v) is 18.2. The van der Waals surface area contributed by atoms with E-state index in [-0.39, 0.29) is 18.3 Å². The van der Waals surface area contributed by atoms with E-state index >= 15 is 4.39 Å². The molecule has 1 N–H and O–H groups in total. The Kier molecular flexibility index (Phi) is 11.6. The van der Waals surface area contributed by atoms with Crippen molar-refractivity contribution in [1.82, 2.24) is 0 Å². The molecule has 0 aliphatic carbocycles. The zero-order valence-electron chi connectivity index (χ0n) is 38.9.